The summed E-state index contributed by atoms with van der Waals surface area (Å²) in [6.45, 7) is 0. The third kappa shape index (κ3) is 2.47. The highest BCUT2D eigenvalue weighted by Gasteiger charge is 2.45. The van der Waals surface area contributed by atoms with Crippen molar-refractivity contribution in [2.45, 2.75) is 25.7 Å². The highest BCUT2D eigenvalue weighted by atomic mass is 32.1. The Balaban J connectivity index is 2.30. The van der Waals surface area contributed by atoms with Crippen molar-refractivity contribution in [3.8, 4) is 0 Å². The van der Waals surface area contributed by atoms with Crippen molar-refractivity contribution in [2.24, 2.45) is 11.1 Å². The van der Waals surface area contributed by atoms with Crippen LogP contribution in [-0.4, -0.2) is 17.9 Å². The van der Waals surface area contributed by atoms with Crippen LogP contribution in [0, 0.1) is 11.2 Å². The van der Waals surface area contributed by atoms with E-state index in [2.05, 4.69) is 0 Å². The van der Waals surface area contributed by atoms with E-state index in [-0.39, 0.29) is 16.7 Å². The zero-order valence-corrected chi connectivity index (χ0v) is 11.7. The minimum absolute atomic E-state index is 0.136. The zero-order chi connectivity index (χ0) is 14.0. The fourth-order valence-electron chi connectivity index (χ4n) is 2.67. The van der Waals surface area contributed by atoms with E-state index in [9.17, 15) is 9.18 Å². The van der Waals surface area contributed by atoms with E-state index in [1.807, 2.05) is 0 Å². The molecule has 1 aliphatic rings. The SMILES string of the molecule is CN(C(=O)C1(C(N)=S)CCCC1)c1cccc(F)c1. The summed E-state index contributed by atoms with van der Waals surface area (Å²) in [4.78, 5) is 14.4. The van der Waals surface area contributed by atoms with Gasteiger partial charge < -0.3 is 10.6 Å². The van der Waals surface area contributed by atoms with Gasteiger partial charge in [0.15, 0.2) is 0 Å². The Hall–Kier alpha value is -1.49. The maximum atomic E-state index is 13.2. The van der Waals surface area contributed by atoms with Crippen molar-refractivity contribution in [1.82, 2.24) is 0 Å². The van der Waals surface area contributed by atoms with Gasteiger partial charge in [-0.05, 0) is 31.0 Å². The molecule has 2 N–H and O–H groups in total. The monoisotopic (exact) mass is 280 g/mol. The molecule has 0 aliphatic heterocycles. The molecule has 1 aromatic rings. The van der Waals surface area contributed by atoms with E-state index in [0.717, 1.165) is 12.8 Å². The first kappa shape index (κ1) is 13.9. The van der Waals surface area contributed by atoms with Crippen LogP contribution in [0.25, 0.3) is 0 Å². The van der Waals surface area contributed by atoms with Crippen LogP contribution in [0.3, 0.4) is 0 Å². The Bertz CT molecular complexity index is 512. The van der Waals surface area contributed by atoms with Crippen LogP contribution in [0.4, 0.5) is 10.1 Å². The largest absolute Gasteiger partial charge is 0.392 e. The van der Waals surface area contributed by atoms with Crippen LogP contribution in [-0.2, 0) is 4.79 Å². The number of nitrogens with two attached hydrogens (primary N) is 1. The van der Waals surface area contributed by atoms with E-state index < -0.39 is 5.41 Å². The molecular formula is C14H17FN2OS. The van der Waals surface area contributed by atoms with E-state index in [4.69, 9.17) is 18.0 Å². The molecule has 1 aromatic carbocycles. The number of carbonyl (C=O) groups excluding carboxylic acids is 1. The van der Waals surface area contributed by atoms with Crippen molar-refractivity contribution in [1.29, 1.82) is 0 Å². The summed E-state index contributed by atoms with van der Waals surface area (Å²) in [6, 6.07) is 5.96. The quantitative estimate of drug-likeness (QED) is 0.866. The van der Waals surface area contributed by atoms with E-state index in [1.165, 1.54) is 17.0 Å². The van der Waals surface area contributed by atoms with Gasteiger partial charge in [-0.2, -0.15) is 0 Å². The third-order valence-corrected chi connectivity index (χ3v) is 4.23. The van der Waals surface area contributed by atoms with Crippen molar-refractivity contribution < 1.29 is 9.18 Å². The molecule has 102 valence electrons. The number of anilines is 1. The number of hydrogen-bond donors (Lipinski definition) is 1. The second kappa shape index (κ2) is 5.25. The summed E-state index contributed by atoms with van der Waals surface area (Å²) in [5, 5.41) is 0. The Kier molecular flexibility index (Phi) is 3.85. The number of rotatable bonds is 3. The van der Waals surface area contributed by atoms with Crippen LogP contribution in [0.15, 0.2) is 24.3 Å². The third-order valence-electron chi connectivity index (χ3n) is 3.84. The van der Waals surface area contributed by atoms with Gasteiger partial charge in [-0.1, -0.05) is 31.1 Å². The molecule has 0 unspecified atom stereocenters. The number of nitrogens with zero attached hydrogens (tertiary/aromatic N) is 1. The Labute approximate surface area is 117 Å². The molecule has 19 heavy (non-hydrogen) atoms. The summed E-state index contributed by atoms with van der Waals surface area (Å²) in [5.74, 6) is -0.504. The molecule has 3 nitrogen and oxygen atoms in total. The second-order valence-electron chi connectivity index (χ2n) is 5.00. The van der Waals surface area contributed by atoms with Gasteiger partial charge in [-0.3, -0.25) is 4.79 Å². The fourth-order valence-corrected chi connectivity index (χ4v) is 2.96. The average Bonchev–Trinajstić information content (AvgIpc) is 2.87. The molecule has 0 radical (unpaired) electrons. The number of carbonyl (C=O) groups is 1. The van der Waals surface area contributed by atoms with Gasteiger partial charge in [0.1, 0.15) is 5.82 Å². The first-order chi connectivity index (χ1) is 8.97. The fraction of sp³-hybridized carbons (Fsp3) is 0.429. The van der Waals surface area contributed by atoms with Gasteiger partial charge >= 0.3 is 0 Å². The lowest BCUT2D eigenvalue weighted by Gasteiger charge is -2.31. The molecule has 5 heteroatoms. The molecule has 0 bridgehead atoms. The van der Waals surface area contributed by atoms with Gasteiger partial charge in [0.05, 0.1) is 10.4 Å². The van der Waals surface area contributed by atoms with E-state index >= 15 is 0 Å². The van der Waals surface area contributed by atoms with Crippen molar-refractivity contribution in [2.75, 3.05) is 11.9 Å². The Morgan fingerprint density at radius 1 is 1.42 bits per heavy atom. The molecule has 0 spiro atoms. The second-order valence-corrected chi connectivity index (χ2v) is 5.44. The van der Waals surface area contributed by atoms with Crippen molar-refractivity contribution >= 4 is 28.8 Å². The number of halogens is 1. The molecule has 0 heterocycles. The molecule has 1 amide bonds. The minimum atomic E-state index is -0.754. The summed E-state index contributed by atoms with van der Waals surface area (Å²) < 4.78 is 13.2. The summed E-state index contributed by atoms with van der Waals surface area (Å²) in [5.41, 5.74) is 5.56. The Morgan fingerprint density at radius 3 is 2.58 bits per heavy atom. The molecule has 2 rings (SSSR count). The van der Waals surface area contributed by atoms with Crippen molar-refractivity contribution in [3.05, 3.63) is 30.1 Å². The molecule has 0 atom stereocenters. The van der Waals surface area contributed by atoms with Crippen LogP contribution in [0.2, 0.25) is 0 Å². The van der Waals surface area contributed by atoms with Crippen molar-refractivity contribution in [3.63, 3.8) is 0 Å². The lowest BCUT2D eigenvalue weighted by atomic mass is 9.84. The molecule has 0 saturated heterocycles. The standard InChI is InChI=1S/C14H17FN2OS/c1-17(11-6-4-5-10(15)9-11)13(18)14(12(16)19)7-2-3-8-14/h4-6,9H,2-3,7-8H2,1H3,(H2,16,19). The van der Waals surface area contributed by atoms with Crippen LogP contribution in [0.5, 0.6) is 0 Å². The maximum absolute atomic E-state index is 13.2. The number of thiocarbonyl (C=S) groups is 1. The smallest absolute Gasteiger partial charge is 0.239 e. The lowest BCUT2D eigenvalue weighted by molar-refractivity contribution is -0.124. The minimum Gasteiger partial charge on any atom is -0.392 e. The lowest BCUT2D eigenvalue weighted by Crippen LogP contribution is -2.48. The zero-order valence-electron chi connectivity index (χ0n) is 10.9. The first-order valence-electron chi connectivity index (χ1n) is 6.31. The molecular weight excluding hydrogens is 263 g/mol. The summed E-state index contributed by atoms with van der Waals surface area (Å²) >= 11 is 5.09. The van der Waals surface area contributed by atoms with E-state index in [1.54, 1.807) is 19.2 Å². The normalized spacial score (nSPS) is 17.2. The maximum Gasteiger partial charge on any atom is 0.239 e. The van der Waals surface area contributed by atoms with Gasteiger partial charge in [-0.15, -0.1) is 0 Å². The number of amides is 1. The van der Waals surface area contributed by atoms with Crippen LogP contribution < -0.4 is 10.6 Å². The molecule has 1 saturated carbocycles. The van der Waals surface area contributed by atoms with E-state index in [0.29, 0.717) is 18.5 Å². The molecule has 1 fully saturated rings. The molecule has 1 aliphatic carbocycles. The average molecular weight is 280 g/mol. The predicted octanol–water partition coefficient (Wildman–Crippen LogP) is 2.64. The summed E-state index contributed by atoms with van der Waals surface area (Å²) in [7, 11) is 1.63. The highest BCUT2D eigenvalue weighted by molar-refractivity contribution is 7.80. The summed E-state index contributed by atoms with van der Waals surface area (Å²) in [6.07, 6.45) is 3.25. The predicted molar refractivity (Wildman–Crippen MR) is 77.5 cm³/mol. The van der Waals surface area contributed by atoms with Crippen LogP contribution in [0.1, 0.15) is 25.7 Å². The van der Waals surface area contributed by atoms with Crippen LogP contribution >= 0.6 is 12.2 Å². The number of hydrogen-bond acceptors (Lipinski definition) is 2. The Morgan fingerprint density at radius 2 is 2.05 bits per heavy atom. The number of benzene rings is 1. The molecule has 0 aromatic heterocycles. The topological polar surface area (TPSA) is 46.3 Å². The van der Waals surface area contributed by atoms with Gasteiger partial charge in [0.25, 0.3) is 0 Å². The van der Waals surface area contributed by atoms with Gasteiger partial charge in [-0.25, -0.2) is 4.39 Å². The van der Waals surface area contributed by atoms with Gasteiger partial charge in [0, 0.05) is 12.7 Å². The first-order valence-corrected chi connectivity index (χ1v) is 6.72. The highest BCUT2D eigenvalue weighted by Crippen LogP contribution is 2.40. The van der Waals surface area contributed by atoms with Gasteiger partial charge in [0.2, 0.25) is 5.91 Å².